The van der Waals surface area contributed by atoms with Gasteiger partial charge in [0.15, 0.2) is 0 Å². The van der Waals surface area contributed by atoms with Crippen molar-refractivity contribution in [1.29, 1.82) is 0 Å². The van der Waals surface area contributed by atoms with Gasteiger partial charge in [0.25, 0.3) is 0 Å². The van der Waals surface area contributed by atoms with Crippen LogP contribution in [0.1, 0.15) is 33.1 Å². The highest BCUT2D eigenvalue weighted by atomic mass is 16.1. The van der Waals surface area contributed by atoms with Crippen molar-refractivity contribution in [2.75, 3.05) is 0 Å². The molecule has 1 atom stereocenters. The lowest BCUT2D eigenvalue weighted by Gasteiger charge is -2.30. The third-order valence-electron chi connectivity index (χ3n) is 2.60. The Bertz CT molecular complexity index is 224. The van der Waals surface area contributed by atoms with Gasteiger partial charge in [-0.3, -0.25) is 0 Å². The van der Waals surface area contributed by atoms with Gasteiger partial charge in [-0.2, -0.15) is 4.99 Å². The molecule has 0 bridgehead atoms. The summed E-state index contributed by atoms with van der Waals surface area (Å²) in [6.45, 7) is 4.00. The third-order valence-corrected chi connectivity index (χ3v) is 2.60. The summed E-state index contributed by atoms with van der Waals surface area (Å²) in [5.74, 6) is 0.504. The Balaban J connectivity index is 2.67. The van der Waals surface area contributed by atoms with Crippen molar-refractivity contribution >= 4 is 6.08 Å². The predicted octanol–water partition coefficient (Wildman–Crippen LogP) is 2.46. The van der Waals surface area contributed by atoms with Gasteiger partial charge in [-0.1, -0.05) is 12.2 Å². The van der Waals surface area contributed by atoms with Gasteiger partial charge in [0.1, 0.15) is 0 Å². The normalized spacial score (nSPS) is 23.3. The summed E-state index contributed by atoms with van der Waals surface area (Å²) in [4.78, 5) is 14.0. The van der Waals surface area contributed by atoms with Crippen LogP contribution in [0.25, 0.3) is 0 Å². The fourth-order valence-electron chi connectivity index (χ4n) is 1.64. The molecule has 0 aliphatic heterocycles. The fraction of sp³-hybridized carbons (Fsp3) is 0.700. The number of isocyanates is 1. The maximum atomic E-state index is 10.2. The Morgan fingerprint density at radius 2 is 2.25 bits per heavy atom. The van der Waals surface area contributed by atoms with Crippen molar-refractivity contribution in [3.63, 3.8) is 0 Å². The van der Waals surface area contributed by atoms with E-state index in [0.29, 0.717) is 5.92 Å². The van der Waals surface area contributed by atoms with Crippen molar-refractivity contribution in [2.45, 2.75) is 38.6 Å². The molecule has 12 heavy (non-hydrogen) atoms. The maximum Gasteiger partial charge on any atom is 0.235 e. The summed E-state index contributed by atoms with van der Waals surface area (Å²) >= 11 is 0. The van der Waals surface area contributed by atoms with Crippen molar-refractivity contribution in [2.24, 2.45) is 10.9 Å². The van der Waals surface area contributed by atoms with Gasteiger partial charge < -0.3 is 0 Å². The molecule has 0 radical (unpaired) electrons. The van der Waals surface area contributed by atoms with Crippen LogP contribution in [-0.2, 0) is 4.79 Å². The fourth-order valence-corrected chi connectivity index (χ4v) is 1.64. The smallest absolute Gasteiger partial charge is 0.211 e. The van der Waals surface area contributed by atoms with Crippen LogP contribution in [-0.4, -0.2) is 11.6 Å². The molecule has 1 rings (SSSR count). The van der Waals surface area contributed by atoms with E-state index in [1.165, 1.54) is 0 Å². The minimum atomic E-state index is -0.230. The van der Waals surface area contributed by atoms with E-state index in [-0.39, 0.29) is 5.54 Å². The van der Waals surface area contributed by atoms with Gasteiger partial charge in [-0.15, -0.1) is 0 Å². The lowest BCUT2D eigenvalue weighted by molar-refractivity contribution is 0.300. The largest absolute Gasteiger partial charge is 0.235 e. The average Bonchev–Trinajstić information content (AvgIpc) is 2.06. The first-order valence-corrected chi connectivity index (χ1v) is 4.41. The molecule has 0 N–H and O–H groups in total. The standard InChI is InChI=1S/C10H15NO/c1-10(2,11-8-12)9-6-4-3-5-7-9/h3-4,9H,5-7H2,1-2H3. The average molecular weight is 165 g/mol. The Kier molecular flexibility index (Phi) is 2.83. The Hall–Kier alpha value is -0.880. The van der Waals surface area contributed by atoms with Gasteiger partial charge in [0, 0.05) is 0 Å². The number of rotatable bonds is 2. The Morgan fingerprint density at radius 3 is 2.75 bits per heavy atom. The molecular formula is C10H15NO. The van der Waals surface area contributed by atoms with Crippen LogP contribution in [0.5, 0.6) is 0 Å². The van der Waals surface area contributed by atoms with E-state index in [1.54, 1.807) is 6.08 Å². The molecule has 0 spiro atoms. The second-order valence-corrected chi connectivity index (χ2v) is 3.84. The summed E-state index contributed by atoms with van der Waals surface area (Å²) in [6.07, 6.45) is 9.31. The summed E-state index contributed by atoms with van der Waals surface area (Å²) in [7, 11) is 0. The number of carbonyl (C=O) groups excluding carboxylic acids is 1. The van der Waals surface area contributed by atoms with Gasteiger partial charge in [-0.05, 0) is 39.0 Å². The van der Waals surface area contributed by atoms with Crippen LogP contribution in [0.3, 0.4) is 0 Å². The van der Waals surface area contributed by atoms with E-state index in [4.69, 9.17) is 0 Å². The molecule has 0 aromatic rings. The zero-order valence-corrected chi connectivity index (χ0v) is 7.71. The third kappa shape index (κ3) is 2.05. The molecule has 1 unspecified atom stereocenters. The Labute approximate surface area is 73.4 Å². The minimum Gasteiger partial charge on any atom is -0.211 e. The zero-order valence-electron chi connectivity index (χ0n) is 7.71. The second kappa shape index (κ2) is 3.68. The number of hydrogen-bond donors (Lipinski definition) is 0. The first kappa shape index (κ1) is 9.21. The summed E-state index contributed by atoms with van der Waals surface area (Å²) < 4.78 is 0. The van der Waals surface area contributed by atoms with Crippen LogP contribution < -0.4 is 0 Å². The van der Waals surface area contributed by atoms with E-state index in [9.17, 15) is 4.79 Å². The highest BCUT2D eigenvalue weighted by molar-refractivity contribution is 5.34. The summed E-state index contributed by atoms with van der Waals surface area (Å²) in [5, 5.41) is 0. The monoisotopic (exact) mass is 165 g/mol. The van der Waals surface area contributed by atoms with E-state index in [2.05, 4.69) is 17.1 Å². The zero-order chi connectivity index (χ0) is 9.03. The van der Waals surface area contributed by atoms with E-state index < -0.39 is 0 Å². The molecule has 0 heterocycles. The van der Waals surface area contributed by atoms with E-state index >= 15 is 0 Å². The van der Waals surface area contributed by atoms with Crippen molar-refractivity contribution < 1.29 is 4.79 Å². The van der Waals surface area contributed by atoms with Crippen molar-refractivity contribution in [3.8, 4) is 0 Å². The van der Waals surface area contributed by atoms with E-state index in [1.807, 2.05) is 13.8 Å². The quantitative estimate of drug-likeness (QED) is 0.351. The predicted molar refractivity (Wildman–Crippen MR) is 48.7 cm³/mol. The summed E-state index contributed by atoms with van der Waals surface area (Å²) in [5.41, 5.74) is -0.230. The molecule has 0 saturated heterocycles. The molecule has 0 aromatic heterocycles. The molecule has 1 aliphatic rings. The van der Waals surface area contributed by atoms with Gasteiger partial charge in [0.2, 0.25) is 6.08 Å². The SMILES string of the molecule is CC(C)(N=C=O)C1CC=CCC1. The van der Waals surface area contributed by atoms with Crippen LogP contribution in [0.15, 0.2) is 17.1 Å². The van der Waals surface area contributed by atoms with Crippen LogP contribution in [0.2, 0.25) is 0 Å². The second-order valence-electron chi connectivity index (χ2n) is 3.84. The minimum absolute atomic E-state index is 0.230. The summed E-state index contributed by atoms with van der Waals surface area (Å²) in [6, 6.07) is 0. The van der Waals surface area contributed by atoms with Crippen LogP contribution in [0.4, 0.5) is 0 Å². The molecule has 2 nitrogen and oxygen atoms in total. The molecule has 0 fully saturated rings. The van der Waals surface area contributed by atoms with Gasteiger partial charge in [0.05, 0.1) is 5.54 Å². The first-order chi connectivity index (χ1) is 5.67. The van der Waals surface area contributed by atoms with Crippen LogP contribution >= 0.6 is 0 Å². The molecule has 2 heteroatoms. The lowest BCUT2D eigenvalue weighted by atomic mass is 9.80. The molecule has 66 valence electrons. The number of aliphatic imine (C=N–C) groups is 1. The number of hydrogen-bond acceptors (Lipinski definition) is 2. The van der Waals surface area contributed by atoms with Crippen LogP contribution in [0, 0.1) is 5.92 Å². The molecule has 0 aromatic carbocycles. The maximum absolute atomic E-state index is 10.2. The molecular weight excluding hydrogens is 150 g/mol. The number of allylic oxidation sites excluding steroid dienone is 2. The van der Waals surface area contributed by atoms with Crippen molar-refractivity contribution in [3.05, 3.63) is 12.2 Å². The van der Waals surface area contributed by atoms with Crippen molar-refractivity contribution in [1.82, 2.24) is 0 Å². The first-order valence-electron chi connectivity index (χ1n) is 4.41. The lowest BCUT2D eigenvalue weighted by Crippen LogP contribution is -2.29. The molecule has 0 amide bonds. The Morgan fingerprint density at radius 1 is 1.50 bits per heavy atom. The highest BCUT2D eigenvalue weighted by Crippen LogP contribution is 2.31. The van der Waals surface area contributed by atoms with E-state index in [0.717, 1.165) is 19.3 Å². The topological polar surface area (TPSA) is 29.4 Å². The van der Waals surface area contributed by atoms with Gasteiger partial charge in [-0.25, -0.2) is 4.79 Å². The highest BCUT2D eigenvalue weighted by Gasteiger charge is 2.28. The number of nitrogens with zero attached hydrogens (tertiary/aromatic N) is 1. The van der Waals surface area contributed by atoms with Gasteiger partial charge >= 0.3 is 0 Å². The molecule has 0 saturated carbocycles. The molecule has 1 aliphatic carbocycles.